The van der Waals surface area contributed by atoms with Crippen LogP contribution in [0.25, 0.3) is 11.1 Å². The molecule has 0 radical (unpaired) electrons. The molecule has 0 bridgehead atoms. The van der Waals surface area contributed by atoms with Gasteiger partial charge in [-0.1, -0.05) is 29.8 Å². The predicted molar refractivity (Wildman–Crippen MR) is 137 cm³/mol. The smallest absolute Gasteiger partial charge is 0.337 e. The number of benzene rings is 2. The van der Waals surface area contributed by atoms with E-state index in [2.05, 4.69) is 13.8 Å². The van der Waals surface area contributed by atoms with E-state index in [9.17, 15) is 14.7 Å². The Morgan fingerprint density at radius 1 is 1.03 bits per heavy atom. The van der Waals surface area contributed by atoms with Crippen LogP contribution in [0.5, 0.6) is 0 Å². The van der Waals surface area contributed by atoms with Crippen molar-refractivity contribution in [3.05, 3.63) is 57.6 Å². The average Bonchev–Trinajstić information content (AvgIpc) is 3.41. The first-order valence-electron chi connectivity index (χ1n) is 12.6. The number of ether oxygens (including phenoxy) is 1. The maximum atomic E-state index is 13.4. The fraction of sp³-hybridized carbons (Fsp3) is 0.517. The highest BCUT2D eigenvalue weighted by Crippen LogP contribution is 2.44. The van der Waals surface area contributed by atoms with Crippen LogP contribution < -0.4 is 0 Å². The number of rotatable bonds is 4. The standard InChI is InChI=1S/C29H38N2O4/c1-17-10-12-21(13-11-17)24-19(3)22-15-30(28(34)31-14-8-9-18(31)2)16-23(22)20(4)25(24)26(27(32)33)35-29(5,6)7/h10-13,18,26H,8-9,14-16H2,1-7H3,(H,32,33)/t18?,26-/m0/s1. The molecule has 1 fully saturated rings. The number of amides is 2. The molecule has 2 atom stereocenters. The summed E-state index contributed by atoms with van der Waals surface area (Å²) in [5, 5.41) is 10.3. The van der Waals surface area contributed by atoms with Crippen LogP contribution in [0.15, 0.2) is 24.3 Å². The van der Waals surface area contributed by atoms with Crippen molar-refractivity contribution in [2.75, 3.05) is 6.54 Å². The molecule has 0 spiro atoms. The third-order valence-corrected chi connectivity index (χ3v) is 7.38. The van der Waals surface area contributed by atoms with Gasteiger partial charge >= 0.3 is 12.0 Å². The van der Waals surface area contributed by atoms with Crippen LogP contribution in [0, 0.1) is 20.8 Å². The van der Waals surface area contributed by atoms with E-state index in [0.717, 1.165) is 58.3 Å². The van der Waals surface area contributed by atoms with Crippen molar-refractivity contribution in [3.8, 4) is 11.1 Å². The van der Waals surface area contributed by atoms with E-state index < -0.39 is 17.7 Å². The first-order chi connectivity index (χ1) is 16.4. The lowest BCUT2D eigenvalue weighted by Gasteiger charge is -2.29. The van der Waals surface area contributed by atoms with Crippen LogP contribution in [-0.2, 0) is 22.6 Å². The zero-order valence-electron chi connectivity index (χ0n) is 22.1. The van der Waals surface area contributed by atoms with E-state index in [1.807, 2.05) is 68.7 Å². The van der Waals surface area contributed by atoms with E-state index in [4.69, 9.17) is 4.74 Å². The van der Waals surface area contributed by atoms with Crippen molar-refractivity contribution < 1.29 is 19.4 Å². The fourth-order valence-corrected chi connectivity index (χ4v) is 5.56. The normalized spacial score (nSPS) is 18.7. The van der Waals surface area contributed by atoms with Gasteiger partial charge in [0.15, 0.2) is 6.10 Å². The number of hydrogen-bond acceptors (Lipinski definition) is 3. The molecule has 1 unspecified atom stereocenters. The van der Waals surface area contributed by atoms with Crippen LogP contribution in [0.2, 0.25) is 0 Å². The summed E-state index contributed by atoms with van der Waals surface area (Å²) in [6.07, 6.45) is 0.966. The minimum atomic E-state index is -1.11. The molecular formula is C29H38N2O4. The number of nitrogens with zero attached hydrogens (tertiary/aromatic N) is 2. The summed E-state index contributed by atoms with van der Waals surface area (Å²) in [5.41, 5.74) is 7.18. The number of aliphatic carboxylic acids is 1. The van der Waals surface area contributed by atoms with E-state index in [-0.39, 0.29) is 12.1 Å². The van der Waals surface area contributed by atoms with E-state index in [1.165, 1.54) is 0 Å². The molecule has 0 saturated carbocycles. The Morgan fingerprint density at radius 2 is 1.63 bits per heavy atom. The molecule has 2 aliphatic heterocycles. The van der Waals surface area contributed by atoms with Gasteiger partial charge in [-0.05, 0) is 94.7 Å². The first-order valence-corrected chi connectivity index (χ1v) is 12.6. The van der Waals surface area contributed by atoms with Crippen molar-refractivity contribution in [3.63, 3.8) is 0 Å². The lowest BCUT2D eigenvalue weighted by Crippen LogP contribution is -2.42. The molecule has 2 aliphatic rings. The Labute approximate surface area is 208 Å². The Balaban J connectivity index is 1.87. The Bertz CT molecular complexity index is 1150. The quantitative estimate of drug-likeness (QED) is 0.573. The van der Waals surface area contributed by atoms with Crippen molar-refractivity contribution in [2.45, 2.75) is 92.1 Å². The van der Waals surface area contributed by atoms with Crippen LogP contribution in [0.1, 0.15) is 80.0 Å². The topological polar surface area (TPSA) is 70.1 Å². The minimum Gasteiger partial charge on any atom is -0.479 e. The summed E-state index contributed by atoms with van der Waals surface area (Å²) in [6, 6.07) is 8.52. The SMILES string of the molecule is Cc1ccc(-c2c(C)c3c(c(C)c2[C@H](OC(C)(C)C)C(=O)O)CN(C(=O)N2CCCC2C)C3)cc1. The molecule has 4 rings (SSSR count). The van der Waals surface area contributed by atoms with Crippen molar-refractivity contribution in [1.82, 2.24) is 9.80 Å². The highest BCUT2D eigenvalue weighted by molar-refractivity contribution is 5.85. The molecule has 188 valence electrons. The number of urea groups is 1. The molecule has 0 aliphatic carbocycles. The lowest BCUT2D eigenvalue weighted by atomic mass is 9.83. The molecule has 6 heteroatoms. The second-order valence-electron chi connectivity index (χ2n) is 11.1. The largest absolute Gasteiger partial charge is 0.479 e. The average molecular weight is 479 g/mol. The van der Waals surface area contributed by atoms with Gasteiger partial charge in [0.25, 0.3) is 0 Å². The molecule has 0 aromatic heterocycles. The van der Waals surface area contributed by atoms with Gasteiger partial charge in [0.05, 0.1) is 5.60 Å². The lowest BCUT2D eigenvalue weighted by molar-refractivity contribution is -0.160. The molecule has 1 N–H and O–H groups in total. The number of carbonyl (C=O) groups excluding carboxylic acids is 1. The van der Waals surface area contributed by atoms with Crippen molar-refractivity contribution in [2.24, 2.45) is 0 Å². The van der Waals surface area contributed by atoms with Gasteiger partial charge in [-0.2, -0.15) is 0 Å². The molecule has 1 saturated heterocycles. The van der Waals surface area contributed by atoms with Gasteiger partial charge < -0.3 is 19.6 Å². The summed E-state index contributed by atoms with van der Waals surface area (Å²) in [5.74, 6) is -1.01. The predicted octanol–water partition coefficient (Wildman–Crippen LogP) is 6.14. The Hall–Kier alpha value is -2.86. The number of fused-ring (bicyclic) bond motifs is 1. The third kappa shape index (κ3) is 4.81. The number of aryl methyl sites for hydroxylation is 1. The molecule has 2 heterocycles. The third-order valence-electron chi connectivity index (χ3n) is 7.38. The number of carbonyl (C=O) groups is 2. The summed E-state index contributed by atoms with van der Waals surface area (Å²) >= 11 is 0. The van der Waals surface area contributed by atoms with Gasteiger partial charge in [-0.15, -0.1) is 0 Å². The molecule has 2 aromatic rings. The van der Waals surface area contributed by atoms with Crippen molar-refractivity contribution >= 4 is 12.0 Å². The second-order valence-corrected chi connectivity index (χ2v) is 11.1. The van der Waals surface area contributed by atoms with Gasteiger partial charge in [0.1, 0.15) is 0 Å². The molecule has 6 nitrogen and oxygen atoms in total. The second kappa shape index (κ2) is 9.30. The molecule has 2 amide bonds. The zero-order valence-corrected chi connectivity index (χ0v) is 22.1. The summed E-state index contributed by atoms with van der Waals surface area (Å²) in [6.45, 7) is 15.7. The van der Waals surface area contributed by atoms with E-state index in [1.54, 1.807) is 0 Å². The first kappa shape index (κ1) is 25.2. The number of hydrogen-bond donors (Lipinski definition) is 1. The molecular weight excluding hydrogens is 440 g/mol. The van der Waals surface area contributed by atoms with E-state index in [0.29, 0.717) is 18.7 Å². The van der Waals surface area contributed by atoms with Crippen LogP contribution in [-0.4, -0.2) is 45.1 Å². The van der Waals surface area contributed by atoms with Gasteiger partial charge in [-0.3, -0.25) is 0 Å². The highest BCUT2D eigenvalue weighted by atomic mass is 16.5. The van der Waals surface area contributed by atoms with Crippen LogP contribution in [0.4, 0.5) is 4.79 Å². The summed E-state index contributed by atoms with van der Waals surface area (Å²) in [7, 11) is 0. The van der Waals surface area contributed by atoms with Crippen LogP contribution >= 0.6 is 0 Å². The molecule has 35 heavy (non-hydrogen) atoms. The van der Waals surface area contributed by atoms with Gasteiger partial charge in [0.2, 0.25) is 0 Å². The van der Waals surface area contributed by atoms with Gasteiger partial charge in [-0.25, -0.2) is 9.59 Å². The minimum absolute atomic E-state index is 0.0733. The Morgan fingerprint density at radius 3 is 2.14 bits per heavy atom. The fourth-order valence-electron chi connectivity index (χ4n) is 5.56. The van der Waals surface area contributed by atoms with Crippen LogP contribution in [0.3, 0.4) is 0 Å². The maximum absolute atomic E-state index is 13.4. The number of carboxylic acids is 1. The number of likely N-dealkylation sites (tertiary alicyclic amines) is 1. The summed E-state index contributed by atoms with van der Waals surface area (Å²) in [4.78, 5) is 29.8. The highest BCUT2D eigenvalue weighted by Gasteiger charge is 2.38. The molecule has 2 aromatic carbocycles. The monoisotopic (exact) mass is 478 g/mol. The Kier molecular flexibility index (Phi) is 6.71. The summed E-state index contributed by atoms with van der Waals surface area (Å²) < 4.78 is 6.15. The number of carboxylic acid groups (broad SMARTS) is 1. The maximum Gasteiger partial charge on any atom is 0.337 e. The van der Waals surface area contributed by atoms with Gasteiger partial charge in [0, 0.05) is 31.2 Å². The zero-order chi connectivity index (χ0) is 25.7. The van der Waals surface area contributed by atoms with Crippen molar-refractivity contribution in [1.29, 1.82) is 0 Å². The van der Waals surface area contributed by atoms with E-state index >= 15 is 0 Å².